The van der Waals surface area contributed by atoms with E-state index in [1.807, 2.05) is 12.1 Å². The fourth-order valence-corrected chi connectivity index (χ4v) is 2.42. The van der Waals surface area contributed by atoms with Crippen molar-refractivity contribution in [3.05, 3.63) is 29.6 Å². The molecule has 0 aromatic heterocycles. The minimum atomic E-state index is -0.102. The van der Waals surface area contributed by atoms with Gasteiger partial charge in [0.25, 0.3) is 0 Å². The molecular formula is C17H27BrFN. The van der Waals surface area contributed by atoms with Crippen molar-refractivity contribution in [2.24, 2.45) is 11.8 Å². The monoisotopic (exact) mass is 343 g/mol. The van der Waals surface area contributed by atoms with E-state index in [2.05, 4.69) is 48.5 Å². The first-order chi connectivity index (χ1) is 9.43. The first-order valence-electron chi connectivity index (χ1n) is 7.53. The molecule has 0 unspecified atom stereocenters. The van der Waals surface area contributed by atoms with E-state index in [1.54, 1.807) is 6.07 Å². The second-order valence-corrected chi connectivity index (χ2v) is 6.83. The lowest BCUT2D eigenvalue weighted by Gasteiger charge is -2.27. The highest BCUT2D eigenvalue weighted by Crippen LogP contribution is 2.23. The molecule has 0 aliphatic carbocycles. The Morgan fingerprint density at radius 2 is 1.60 bits per heavy atom. The molecular weight excluding hydrogens is 317 g/mol. The van der Waals surface area contributed by atoms with Crippen LogP contribution in [0.2, 0.25) is 0 Å². The summed E-state index contributed by atoms with van der Waals surface area (Å²) in [4.78, 5) is 2.20. The van der Waals surface area contributed by atoms with Crippen LogP contribution in [-0.4, -0.2) is 13.1 Å². The van der Waals surface area contributed by atoms with Crippen LogP contribution >= 0.6 is 15.9 Å². The molecule has 1 aromatic carbocycles. The molecule has 0 aliphatic rings. The first kappa shape index (κ1) is 17.5. The fourth-order valence-electron chi connectivity index (χ4n) is 2.07. The van der Waals surface area contributed by atoms with Crippen LogP contribution in [0.3, 0.4) is 0 Å². The van der Waals surface area contributed by atoms with Crippen molar-refractivity contribution in [1.29, 1.82) is 0 Å². The van der Waals surface area contributed by atoms with Crippen molar-refractivity contribution in [3.8, 4) is 0 Å². The molecule has 0 fully saturated rings. The number of benzene rings is 1. The van der Waals surface area contributed by atoms with Gasteiger partial charge >= 0.3 is 0 Å². The van der Waals surface area contributed by atoms with Gasteiger partial charge in [0.2, 0.25) is 0 Å². The van der Waals surface area contributed by atoms with Gasteiger partial charge in [0.1, 0.15) is 5.82 Å². The van der Waals surface area contributed by atoms with E-state index in [0.29, 0.717) is 17.2 Å². The Hall–Kier alpha value is -0.570. The summed E-state index contributed by atoms with van der Waals surface area (Å²) in [6.45, 7) is 10.7. The Bertz CT molecular complexity index is 392. The lowest BCUT2D eigenvalue weighted by molar-refractivity contribution is 0.526. The lowest BCUT2D eigenvalue weighted by atomic mass is 10.1. The van der Waals surface area contributed by atoms with Crippen LogP contribution in [-0.2, 0) is 5.33 Å². The number of hydrogen-bond donors (Lipinski definition) is 0. The summed E-state index contributed by atoms with van der Waals surface area (Å²) in [7, 11) is 0. The summed E-state index contributed by atoms with van der Waals surface area (Å²) in [5.74, 6) is 1.18. The largest absolute Gasteiger partial charge is 0.369 e. The van der Waals surface area contributed by atoms with Gasteiger partial charge in [0.05, 0.1) is 5.69 Å². The molecule has 0 saturated heterocycles. The van der Waals surface area contributed by atoms with E-state index >= 15 is 0 Å². The zero-order chi connectivity index (χ0) is 15.1. The molecule has 0 aliphatic heterocycles. The summed E-state index contributed by atoms with van der Waals surface area (Å²) in [5, 5.41) is 0.697. The topological polar surface area (TPSA) is 3.24 Å². The van der Waals surface area contributed by atoms with E-state index in [4.69, 9.17) is 0 Å². The smallest absolute Gasteiger partial charge is 0.146 e. The van der Waals surface area contributed by atoms with Gasteiger partial charge in [0, 0.05) is 18.4 Å². The summed E-state index contributed by atoms with van der Waals surface area (Å²) in [5.41, 5.74) is 1.73. The van der Waals surface area contributed by atoms with E-state index in [1.165, 1.54) is 0 Å². The highest BCUT2D eigenvalue weighted by atomic mass is 79.9. The minimum absolute atomic E-state index is 0.102. The second-order valence-electron chi connectivity index (χ2n) is 6.27. The molecule has 3 heteroatoms. The summed E-state index contributed by atoms with van der Waals surface area (Å²) in [6.07, 6.45) is 2.19. The number of alkyl halides is 1. The number of rotatable bonds is 8. The van der Waals surface area contributed by atoms with Crippen molar-refractivity contribution >= 4 is 21.6 Å². The first-order valence-corrected chi connectivity index (χ1v) is 8.65. The van der Waals surface area contributed by atoms with Gasteiger partial charge in [-0.1, -0.05) is 49.7 Å². The third-order valence-electron chi connectivity index (χ3n) is 3.46. The Labute approximate surface area is 131 Å². The Balaban J connectivity index is 2.84. The molecule has 1 rings (SSSR count). The zero-order valence-corrected chi connectivity index (χ0v) is 14.7. The molecule has 0 N–H and O–H groups in total. The average molecular weight is 344 g/mol. The van der Waals surface area contributed by atoms with Crippen LogP contribution in [0.5, 0.6) is 0 Å². The molecule has 1 nitrogen and oxygen atoms in total. The quantitative estimate of drug-likeness (QED) is 0.553. The third-order valence-corrected chi connectivity index (χ3v) is 4.11. The molecule has 20 heavy (non-hydrogen) atoms. The number of halogens is 2. The standard InChI is InChI=1S/C17H27BrFN/c1-13(2)7-9-20(10-8-14(3)4)17-6-5-15(12-18)11-16(17)19/h5-6,11,13-14H,7-10,12H2,1-4H3. The van der Waals surface area contributed by atoms with Gasteiger partial charge in [-0.05, 0) is 42.4 Å². The Kier molecular flexibility index (Phi) is 7.57. The summed E-state index contributed by atoms with van der Waals surface area (Å²) < 4.78 is 14.3. The summed E-state index contributed by atoms with van der Waals surface area (Å²) >= 11 is 3.37. The maximum atomic E-state index is 14.3. The van der Waals surface area contributed by atoms with E-state index in [9.17, 15) is 4.39 Å². The molecule has 0 amide bonds. The van der Waals surface area contributed by atoms with E-state index in [0.717, 1.165) is 37.2 Å². The summed E-state index contributed by atoms with van der Waals surface area (Å²) in [6, 6.07) is 5.57. The molecule has 0 spiro atoms. The highest BCUT2D eigenvalue weighted by molar-refractivity contribution is 9.08. The van der Waals surface area contributed by atoms with Gasteiger partial charge < -0.3 is 4.90 Å². The van der Waals surface area contributed by atoms with Crippen LogP contribution in [0, 0.1) is 17.7 Å². The molecule has 114 valence electrons. The molecule has 0 atom stereocenters. The molecule has 0 heterocycles. The van der Waals surface area contributed by atoms with Gasteiger partial charge in [-0.2, -0.15) is 0 Å². The van der Waals surface area contributed by atoms with Crippen molar-refractivity contribution in [2.45, 2.75) is 45.9 Å². The van der Waals surface area contributed by atoms with Crippen molar-refractivity contribution in [2.75, 3.05) is 18.0 Å². The fraction of sp³-hybridized carbons (Fsp3) is 0.647. The van der Waals surface area contributed by atoms with Crippen LogP contribution in [0.4, 0.5) is 10.1 Å². The second kappa shape index (κ2) is 8.66. The molecule has 0 radical (unpaired) electrons. The third kappa shape index (κ3) is 5.82. The van der Waals surface area contributed by atoms with Crippen LogP contribution in [0.1, 0.15) is 46.1 Å². The molecule has 1 aromatic rings. The SMILES string of the molecule is CC(C)CCN(CCC(C)C)c1ccc(CBr)cc1F. The van der Waals surface area contributed by atoms with Gasteiger partial charge in [0.15, 0.2) is 0 Å². The maximum absolute atomic E-state index is 14.3. The molecule has 0 bridgehead atoms. The number of anilines is 1. The van der Waals surface area contributed by atoms with Crippen molar-refractivity contribution < 1.29 is 4.39 Å². The predicted molar refractivity (Wildman–Crippen MR) is 90.2 cm³/mol. The predicted octanol–water partition coefficient (Wildman–Crippen LogP) is 5.62. The lowest BCUT2D eigenvalue weighted by Crippen LogP contribution is -2.28. The average Bonchev–Trinajstić information content (AvgIpc) is 2.39. The van der Waals surface area contributed by atoms with E-state index in [-0.39, 0.29) is 5.82 Å². The molecule has 0 saturated carbocycles. The Morgan fingerprint density at radius 1 is 1.05 bits per heavy atom. The Morgan fingerprint density at radius 3 is 2.00 bits per heavy atom. The number of hydrogen-bond acceptors (Lipinski definition) is 1. The normalized spacial score (nSPS) is 11.4. The minimum Gasteiger partial charge on any atom is -0.369 e. The number of nitrogens with zero attached hydrogens (tertiary/aromatic N) is 1. The van der Waals surface area contributed by atoms with Crippen molar-refractivity contribution in [1.82, 2.24) is 0 Å². The maximum Gasteiger partial charge on any atom is 0.146 e. The van der Waals surface area contributed by atoms with Gasteiger partial charge in [-0.15, -0.1) is 0 Å². The van der Waals surface area contributed by atoms with Crippen LogP contribution < -0.4 is 4.90 Å². The highest BCUT2D eigenvalue weighted by Gasteiger charge is 2.13. The van der Waals surface area contributed by atoms with Crippen LogP contribution in [0.25, 0.3) is 0 Å². The van der Waals surface area contributed by atoms with Gasteiger partial charge in [-0.25, -0.2) is 4.39 Å². The van der Waals surface area contributed by atoms with Crippen molar-refractivity contribution in [3.63, 3.8) is 0 Å². The van der Waals surface area contributed by atoms with Crippen LogP contribution in [0.15, 0.2) is 18.2 Å². The van der Waals surface area contributed by atoms with Gasteiger partial charge in [-0.3, -0.25) is 0 Å². The van der Waals surface area contributed by atoms with E-state index < -0.39 is 0 Å². The zero-order valence-electron chi connectivity index (χ0n) is 13.1.